The van der Waals surface area contributed by atoms with E-state index in [0.29, 0.717) is 23.7 Å². The van der Waals surface area contributed by atoms with Crippen LogP contribution in [0.5, 0.6) is 5.75 Å². The van der Waals surface area contributed by atoms with Crippen molar-refractivity contribution < 1.29 is 19.4 Å². The first-order valence-corrected chi connectivity index (χ1v) is 9.51. The molecule has 2 aliphatic heterocycles. The molecule has 3 amide bonds. The van der Waals surface area contributed by atoms with E-state index in [1.165, 1.54) is 30.6 Å². The number of amides is 3. The lowest BCUT2D eigenvalue weighted by Crippen LogP contribution is -2.41. The molecule has 1 atom stereocenters. The van der Waals surface area contributed by atoms with E-state index in [9.17, 15) is 14.7 Å². The molecular formula is C19H28N4O4. The van der Waals surface area contributed by atoms with Crippen LogP contribution in [0.3, 0.4) is 0 Å². The zero-order chi connectivity index (χ0) is 19.2. The van der Waals surface area contributed by atoms with Crippen LogP contribution in [0.2, 0.25) is 0 Å². The zero-order valence-electron chi connectivity index (χ0n) is 15.7. The lowest BCUT2D eigenvalue weighted by molar-refractivity contribution is -0.120. The van der Waals surface area contributed by atoms with Crippen molar-refractivity contribution in [3.8, 4) is 5.75 Å². The monoisotopic (exact) mass is 376 g/mol. The zero-order valence-corrected chi connectivity index (χ0v) is 15.7. The molecule has 3 N–H and O–H groups in total. The number of aliphatic hydroxyl groups is 1. The van der Waals surface area contributed by atoms with Crippen LogP contribution in [0.4, 0.5) is 16.2 Å². The number of ether oxygens (including phenoxy) is 1. The van der Waals surface area contributed by atoms with Gasteiger partial charge in [0.1, 0.15) is 5.75 Å². The van der Waals surface area contributed by atoms with Gasteiger partial charge in [0.15, 0.2) is 6.61 Å². The number of nitrogens with one attached hydrogen (secondary N) is 2. The van der Waals surface area contributed by atoms with E-state index < -0.39 is 6.10 Å². The third kappa shape index (κ3) is 5.33. The highest BCUT2D eigenvalue weighted by Crippen LogP contribution is 2.33. The van der Waals surface area contributed by atoms with Gasteiger partial charge >= 0.3 is 6.03 Å². The molecule has 0 aliphatic carbocycles. The van der Waals surface area contributed by atoms with E-state index in [1.807, 2.05) is 0 Å². The van der Waals surface area contributed by atoms with Crippen molar-refractivity contribution in [2.75, 3.05) is 50.1 Å². The van der Waals surface area contributed by atoms with Crippen molar-refractivity contribution in [1.82, 2.24) is 10.2 Å². The Hall–Kier alpha value is -2.32. The Kier molecular flexibility index (Phi) is 6.52. The van der Waals surface area contributed by atoms with E-state index in [1.54, 1.807) is 25.2 Å². The summed E-state index contributed by atoms with van der Waals surface area (Å²) in [7, 11) is 1.69. The van der Waals surface area contributed by atoms with Gasteiger partial charge in [0, 0.05) is 31.9 Å². The van der Waals surface area contributed by atoms with Gasteiger partial charge < -0.3 is 30.3 Å². The summed E-state index contributed by atoms with van der Waals surface area (Å²) in [6, 6.07) is 4.75. The second-order valence-electron chi connectivity index (χ2n) is 7.13. The van der Waals surface area contributed by atoms with Gasteiger partial charge in [-0.1, -0.05) is 12.8 Å². The maximum atomic E-state index is 12.1. The number of nitrogens with zero attached hydrogens (tertiary/aromatic N) is 2. The Morgan fingerprint density at radius 2 is 2.00 bits per heavy atom. The van der Waals surface area contributed by atoms with Gasteiger partial charge in [0.05, 0.1) is 11.8 Å². The number of hydrogen-bond donors (Lipinski definition) is 3. The summed E-state index contributed by atoms with van der Waals surface area (Å²) < 4.78 is 5.41. The van der Waals surface area contributed by atoms with Gasteiger partial charge in [0.25, 0.3) is 5.91 Å². The van der Waals surface area contributed by atoms with Crippen LogP contribution in [0.25, 0.3) is 0 Å². The summed E-state index contributed by atoms with van der Waals surface area (Å²) in [6.07, 6.45) is 4.24. The quantitative estimate of drug-likeness (QED) is 0.722. The largest absolute Gasteiger partial charge is 0.481 e. The molecule has 1 fully saturated rings. The summed E-state index contributed by atoms with van der Waals surface area (Å²) in [5, 5.41) is 15.6. The summed E-state index contributed by atoms with van der Waals surface area (Å²) in [4.78, 5) is 27.5. The summed E-state index contributed by atoms with van der Waals surface area (Å²) in [6.45, 7) is 2.78. The number of rotatable bonds is 5. The molecule has 0 aromatic heterocycles. The number of anilines is 2. The molecule has 2 aliphatic rings. The predicted octanol–water partition coefficient (Wildman–Crippen LogP) is 1.40. The first kappa shape index (κ1) is 19.4. The summed E-state index contributed by atoms with van der Waals surface area (Å²) in [5.74, 6) is 0.440. The number of hydrogen-bond acceptors (Lipinski definition) is 5. The summed E-state index contributed by atoms with van der Waals surface area (Å²) >= 11 is 0. The molecule has 27 heavy (non-hydrogen) atoms. The molecule has 148 valence electrons. The van der Waals surface area contributed by atoms with E-state index in [-0.39, 0.29) is 25.1 Å². The molecule has 0 spiro atoms. The van der Waals surface area contributed by atoms with Gasteiger partial charge in [-0.05, 0) is 38.1 Å². The fourth-order valence-electron chi connectivity index (χ4n) is 3.42. The Morgan fingerprint density at radius 3 is 2.74 bits per heavy atom. The molecule has 8 heteroatoms. The Bertz CT molecular complexity index is 674. The normalized spacial score (nSPS) is 18.9. The van der Waals surface area contributed by atoms with Gasteiger partial charge in [0.2, 0.25) is 0 Å². The van der Waals surface area contributed by atoms with Crippen molar-refractivity contribution in [3.05, 3.63) is 18.2 Å². The molecule has 1 aromatic rings. The minimum Gasteiger partial charge on any atom is -0.481 e. The second kappa shape index (κ2) is 9.05. The number of β-amino-alcohol motifs (C(OH)–C–C–N with tert-alkyl or cyclic N) is 1. The maximum absolute atomic E-state index is 12.1. The second-order valence-corrected chi connectivity index (χ2v) is 7.13. The highest BCUT2D eigenvalue weighted by atomic mass is 16.5. The van der Waals surface area contributed by atoms with Crippen molar-refractivity contribution in [3.63, 3.8) is 0 Å². The number of fused-ring (bicyclic) bond motifs is 1. The van der Waals surface area contributed by atoms with Crippen molar-refractivity contribution in [2.45, 2.75) is 31.8 Å². The number of benzene rings is 1. The molecule has 1 aromatic carbocycles. The van der Waals surface area contributed by atoms with Crippen LogP contribution >= 0.6 is 0 Å². The maximum Gasteiger partial charge on any atom is 0.319 e. The molecule has 8 nitrogen and oxygen atoms in total. The Morgan fingerprint density at radius 1 is 1.26 bits per heavy atom. The molecule has 0 radical (unpaired) electrons. The van der Waals surface area contributed by atoms with Gasteiger partial charge in [-0.3, -0.25) is 4.79 Å². The topological polar surface area (TPSA) is 94.1 Å². The minimum absolute atomic E-state index is 0.0121. The minimum atomic E-state index is -0.597. The van der Waals surface area contributed by atoms with Gasteiger partial charge in [-0.15, -0.1) is 0 Å². The number of carbonyl (C=O) groups is 2. The molecule has 0 unspecified atom stereocenters. The van der Waals surface area contributed by atoms with Crippen molar-refractivity contribution in [1.29, 1.82) is 0 Å². The van der Waals surface area contributed by atoms with Crippen LogP contribution in [0.15, 0.2) is 18.2 Å². The van der Waals surface area contributed by atoms with Crippen molar-refractivity contribution in [2.24, 2.45) is 0 Å². The fraction of sp³-hybridized carbons (Fsp3) is 0.579. The standard InChI is InChI=1S/C19H28N4O4/c1-22-16-7-6-14(10-17(16)27-13-18(22)25)21-19(26)20-11-15(24)12-23-8-4-2-3-5-9-23/h6-7,10,15,24H,2-5,8-9,11-13H2,1H3,(H2,20,21,26)/t15-/m0/s1. The lowest BCUT2D eigenvalue weighted by Gasteiger charge is -2.26. The number of urea groups is 1. The molecule has 2 heterocycles. The number of likely N-dealkylation sites (N-methyl/N-ethyl adjacent to an activating group) is 1. The smallest absolute Gasteiger partial charge is 0.319 e. The van der Waals surface area contributed by atoms with E-state index in [0.717, 1.165) is 13.1 Å². The third-order valence-electron chi connectivity index (χ3n) is 4.97. The first-order chi connectivity index (χ1) is 13.0. The molecule has 0 bridgehead atoms. The van der Waals surface area contributed by atoms with Crippen LogP contribution in [-0.2, 0) is 4.79 Å². The van der Waals surface area contributed by atoms with Crippen LogP contribution in [-0.4, -0.2) is 67.9 Å². The average molecular weight is 376 g/mol. The first-order valence-electron chi connectivity index (χ1n) is 9.51. The van der Waals surface area contributed by atoms with Gasteiger partial charge in [-0.2, -0.15) is 0 Å². The summed E-state index contributed by atoms with van der Waals surface area (Å²) in [5.41, 5.74) is 1.24. The van der Waals surface area contributed by atoms with Crippen molar-refractivity contribution >= 4 is 23.3 Å². The van der Waals surface area contributed by atoms with E-state index in [2.05, 4.69) is 15.5 Å². The number of carbonyl (C=O) groups excluding carboxylic acids is 2. The third-order valence-corrected chi connectivity index (χ3v) is 4.97. The van der Waals surface area contributed by atoms with Gasteiger partial charge in [-0.25, -0.2) is 4.79 Å². The van der Waals surface area contributed by atoms with E-state index in [4.69, 9.17) is 4.74 Å². The Balaban J connectivity index is 1.46. The molecule has 3 rings (SSSR count). The number of aliphatic hydroxyl groups excluding tert-OH is 1. The molecule has 1 saturated heterocycles. The fourth-order valence-corrected chi connectivity index (χ4v) is 3.42. The average Bonchev–Trinajstić information content (AvgIpc) is 2.92. The van der Waals surface area contributed by atoms with Crippen LogP contribution < -0.4 is 20.3 Å². The molecular weight excluding hydrogens is 348 g/mol. The SMILES string of the molecule is CN1C(=O)COc2cc(NC(=O)NC[C@H](O)CN3CCCCCC3)ccc21. The van der Waals surface area contributed by atoms with E-state index >= 15 is 0 Å². The predicted molar refractivity (Wildman–Crippen MR) is 103 cm³/mol. The van der Waals surface area contributed by atoms with Crippen LogP contribution in [0, 0.1) is 0 Å². The lowest BCUT2D eigenvalue weighted by atomic mass is 10.2. The highest BCUT2D eigenvalue weighted by Gasteiger charge is 2.22. The Labute approximate surface area is 159 Å². The number of likely N-dealkylation sites (tertiary alicyclic amines) is 1. The highest BCUT2D eigenvalue weighted by molar-refractivity contribution is 5.98. The van der Waals surface area contributed by atoms with Crippen LogP contribution in [0.1, 0.15) is 25.7 Å². The molecule has 0 saturated carbocycles.